The zero-order valence-corrected chi connectivity index (χ0v) is 41.9. The van der Waals surface area contributed by atoms with Crippen molar-refractivity contribution in [2.75, 3.05) is 88.9 Å². The lowest BCUT2D eigenvalue weighted by atomic mass is 9.95. The molecule has 2 aromatic heterocycles. The van der Waals surface area contributed by atoms with Crippen molar-refractivity contribution in [3.63, 3.8) is 0 Å². The van der Waals surface area contributed by atoms with Crippen LogP contribution < -0.4 is 25.2 Å². The molecule has 7 aliphatic heterocycles. The second-order valence-corrected chi connectivity index (χ2v) is 21.0. The summed E-state index contributed by atoms with van der Waals surface area (Å²) < 4.78 is 23.6. The predicted molar refractivity (Wildman–Crippen MR) is 279 cm³/mol. The predicted octanol–water partition coefficient (Wildman–Crippen LogP) is 5.10. The van der Waals surface area contributed by atoms with E-state index in [-0.39, 0.29) is 54.4 Å². The number of fused-ring (bicyclic) bond motifs is 5. The number of nitrogens with zero attached hydrogens (tertiary/aromatic N) is 9. The number of nitrogens with one attached hydrogen (secondary N) is 2. The lowest BCUT2D eigenvalue weighted by molar-refractivity contribution is -0.136. The van der Waals surface area contributed by atoms with Crippen molar-refractivity contribution in [3.05, 3.63) is 83.3 Å². The Morgan fingerprint density at radius 3 is 2.23 bits per heavy atom. The van der Waals surface area contributed by atoms with Gasteiger partial charge in [0.05, 0.1) is 16.5 Å². The van der Waals surface area contributed by atoms with Crippen LogP contribution in [0.1, 0.15) is 77.6 Å². The number of hydrogen-bond donors (Lipinski definition) is 2. The minimum atomic E-state index is -0.972. The minimum absolute atomic E-state index is 0. The number of benzene rings is 3. The van der Waals surface area contributed by atoms with E-state index in [9.17, 15) is 19.2 Å². The number of ether oxygens (including phenoxy) is 1. The number of halogens is 2. The summed E-state index contributed by atoms with van der Waals surface area (Å²) in [5, 5.41) is 8.23. The Balaban J connectivity index is 0.00000574. The molecule has 4 amide bonds. The number of anilines is 2. The third-order valence-corrected chi connectivity index (χ3v) is 16.7. The van der Waals surface area contributed by atoms with Crippen molar-refractivity contribution in [2.45, 2.75) is 81.6 Å². The van der Waals surface area contributed by atoms with E-state index in [0.717, 1.165) is 125 Å². The van der Waals surface area contributed by atoms with Crippen molar-refractivity contribution < 1.29 is 28.3 Å². The largest absolute Gasteiger partial charge is 0.462 e. The number of rotatable bonds is 11. The van der Waals surface area contributed by atoms with Crippen molar-refractivity contribution in [1.82, 2.24) is 45.2 Å². The van der Waals surface area contributed by atoms with Gasteiger partial charge in [0.2, 0.25) is 11.8 Å². The second-order valence-electron chi connectivity index (χ2n) is 21.0. The molecule has 16 nitrogen and oxygen atoms in total. The third kappa shape index (κ3) is 9.26. The van der Waals surface area contributed by atoms with Gasteiger partial charge in [-0.15, -0.1) is 18.8 Å². The molecule has 2 N–H and O–H groups in total. The first kappa shape index (κ1) is 48.9. The summed E-state index contributed by atoms with van der Waals surface area (Å²) >= 11 is 0. The molecule has 0 radical (unpaired) electrons. The maximum atomic E-state index is 17.1. The van der Waals surface area contributed by atoms with Crippen LogP contribution in [0.15, 0.2) is 60.8 Å². The number of pyridine rings is 1. The van der Waals surface area contributed by atoms with Crippen molar-refractivity contribution in [1.29, 1.82) is 0 Å². The molecule has 18 heteroatoms. The fourth-order valence-corrected chi connectivity index (χ4v) is 12.7. The van der Waals surface area contributed by atoms with Gasteiger partial charge < -0.3 is 24.8 Å². The summed E-state index contributed by atoms with van der Waals surface area (Å²) in [5.41, 5.74) is 3.23. The maximum Gasteiger partial charge on any atom is 0.319 e. The molecule has 73 heavy (non-hydrogen) atoms. The molecule has 2 bridgehead atoms. The highest BCUT2D eigenvalue weighted by molar-refractivity contribution is 6.23. The highest BCUT2D eigenvalue weighted by Gasteiger charge is 2.45. The lowest BCUT2D eigenvalue weighted by Gasteiger charge is -2.40. The van der Waals surface area contributed by atoms with E-state index < -0.39 is 29.6 Å². The van der Waals surface area contributed by atoms with E-state index in [0.29, 0.717) is 64.1 Å². The molecule has 0 aliphatic carbocycles. The molecular weight excluding hydrogens is 949 g/mol. The molecule has 12 rings (SSSR count). The van der Waals surface area contributed by atoms with E-state index in [1.807, 2.05) is 42.5 Å². The molecular formula is C55H61ClFN11O5. The van der Waals surface area contributed by atoms with Crippen molar-refractivity contribution >= 4 is 69.2 Å². The molecule has 3 unspecified atom stereocenters. The van der Waals surface area contributed by atoms with Crippen LogP contribution in [0.3, 0.4) is 0 Å². The Bertz CT molecular complexity index is 3030. The van der Waals surface area contributed by atoms with Gasteiger partial charge in [0.15, 0.2) is 5.82 Å². The van der Waals surface area contributed by atoms with Gasteiger partial charge in [-0.05, 0) is 87.6 Å². The molecule has 5 atom stereocenters. The Morgan fingerprint density at radius 1 is 0.781 bits per heavy atom. The third-order valence-electron chi connectivity index (χ3n) is 16.7. The number of carbonyl (C=O) groups excluding carboxylic acids is 4. The van der Waals surface area contributed by atoms with Crippen LogP contribution >= 0.6 is 12.4 Å². The molecule has 0 saturated carbocycles. The molecule has 5 aromatic rings. The van der Waals surface area contributed by atoms with Gasteiger partial charge >= 0.3 is 6.01 Å². The summed E-state index contributed by atoms with van der Waals surface area (Å²) in [4.78, 5) is 78.6. The van der Waals surface area contributed by atoms with Crippen LogP contribution in [0.5, 0.6) is 6.01 Å². The highest BCUT2D eigenvalue weighted by Crippen LogP contribution is 2.38. The van der Waals surface area contributed by atoms with E-state index in [1.54, 1.807) is 18.3 Å². The number of aromatic nitrogens is 3. The standard InChI is InChI=1S/C55H60FN11O5.ClH/c1-3-34-6-4-7-35-8-5-9-42(47(34)35)49-48(56)50-44(27-57-49)51(66-29-36-10-11-37(30-66)58-36)61-55(60-50)72-32-40-13-12-39(62(40)2)31-64-24-22-63(23-25-64)28-33-18-20-65(21-19-33)38-14-15-41-43(26-38)54(71)67(53(41)70)45-16-17-46(68)59-52(45)69;/h1,4-9,14-15,26-27,33,36-37,39-40,45,58H,10-13,16-25,28-32H2,2H3,(H,59,68,69);1H/t36?,37?,39-,40+,45?;/m1./s1. The van der Waals surface area contributed by atoms with E-state index in [4.69, 9.17) is 26.1 Å². The van der Waals surface area contributed by atoms with Crippen molar-refractivity contribution in [2.24, 2.45) is 5.92 Å². The molecule has 3 aromatic carbocycles. The zero-order valence-electron chi connectivity index (χ0n) is 41.1. The quantitative estimate of drug-likeness (QED) is 0.133. The summed E-state index contributed by atoms with van der Waals surface area (Å²) in [6.45, 7) is 9.84. The number of piperidine rings is 2. The summed E-state index contributed by atoms with van der Waals surface area (Å²) in [5.74, 6) is 1.55. The van der Waals surface area contributed by atoms with Crippen molar-refractivity contribution in [3.8, 4) is 29.6 Å². The van der Waals surface area contributed by atoms with E-state index in [2.05, 4.69) is 48.1 Å². The minimum Gasteiger partial charge on any atom is -0.462 e. The number of piperazine rings is 2. The number of likely N-dealkylation sites (N-methyl/N-ethyl adjacent to an activating group) is 1. The fourth-order valence-electron chi connectivity index (χ4n) is 12.7. The van der Waals surface area contributed by atoms with Gasteiger partial charge in [0.25, 0.3) is 11.8 Å². The summed E-state index contributed by atoms with van der Waals surface area (Å²) in [7, 11) is 2.19. The van der Waals surface area contributed by atoms with Gasteiger partial charge in [-0.25, -0.2) is 4.39 Å². The van der Waals surface area contributed by atoms with Crippen LogP contribution in [-0.2, 0) is 9.59 Å². The number of hydrogen-bond acceptors (Lipinski definition) is 14. The average Bonchev–Trinajstić information content (AvgIpc) is 4.01. The van der Waals surface area contributed by atoms with Gasteiger partial charge in [0.1, 0.15) is 29.7 Å². The first-order chi connectivity index (χ1) is 35.1. The fraction of sp³-hybridized carbons (Fsp3) is 0.473. The SMILES string of the molecule is C#Cc1cccc2cccc(-c3ncc4c(N5CC6CCC(C5)N6)nc(OC[C@@H]5CC[C@H](CN6CCN(CC7CCN(c8ccc9c(c8)C(=O)N(C8CCC(=O)NC8=O)C9=O)CC7)CC6)N5C)nc4c3F)c12.Cl. The van der Waals surface area contributed by atoms with Gasteiger partial charge in [-0.2, -0.15) is 9.97 Å². The number of imide groups is 2. The van der Waals surface area contributed by atoms with Crippen LogP contribution in [-0.4, -0.2) is 167 Å². The number of terminal acetylenes is 1. The zero-order chi connectivity index (χ0) is 49.2. The maximum absolute atomic E-state index is 17.1. The van der Waals surface area contributed by atoms with E-state index >= 15 is 4.39 Å². The number of likely N-dealkylation sites (tertiary alicyclic amines) is 1. The molecule has 6 fully saturated rings. The Hall–Kier alpha value is -6.29. The number of amides is 4. The molecule has 6 saturated heterocycles. The molecule has 7 aliphatic rings. The molecule has 9 heterocycles. The lowest BCUT2D eigenvalue weighted by Crippen LogP contribution is -2.54. The summed E-state index contributed by atoms with van der Waals surface area (Å²) in [6.07, 6.45) is 14.2. The topological polar surface area (TPSA) is 160 Å². The van der Waals surface area contributed by atoms with Crippen LogP contribution in [0.25, 0.3) is 32.9 Å². The Morgan fingerprint density at radius 2 is 1.49 bits per heavy atom. The smallest absolute Gasteiger partial charge is 0.319 e. The van der Waals surface area contributed by atoms with Crippen LogP contribution in [0, 0.1) is 24.1 Å². The van der Waals surface area contributed by atoms with Gasteiger partial charge in [-0.3, -0.25) is 44.2 Å². The molecule has 380 valence electrons. The van der Waals surface area contributed by atoms with Gasteiger partial charge in [-0.1, -0.05) is 36.3 Å². The van der Waals surface area contributed by atoms with Crippen LogP contribution in [0.4, 0.5) is 15.9 Å². The normalized spacial score (nSPS) is 25.1. The summed E-state index contributed by atoms with van der Waals surface area (Å²) in [6, 6.07) is 17.4. The first-order valence-electron chi connectivity index (χ1n) is 25.8. The van der Waals surface area contributed by atoms with E-state index in [1.165, 1.54) is 0 Å². The molecule has 0 spiro atoms. The Kier molecular flexibility index (Phi) is 13.5. The Labute approximate surface area is 430 Å². The first-order valence-corrected chi connectivity index (χ1v) is 25.8. The number of carbonyl (C=O) groups is 4. The monoisotopic (exact) mass is 1010 g/mol. The second kappa shape index (κ2) is 20.2. The van der Waals surface area contributed by atoms with Crippen LogP contribution in [0.2, 0.25) is 0 Å². The van der Waals surface area contributed by atoms with Gasteiger partial charge in [0, 0.05) is 124 Å². The average molecular weight is 1010 g/mol. The highest BCUT2D eigenvalue weighted by atomic mass is 35.5.